The van der Waals surface area contributed by atoms with Crippen LogP contribution in [0.25, 0.3) is 0 Å². The summed E-state index contributed by atoms with van der Waals surface area (Å²) in [5.41, 5.74) is 4.55. The second kappa shape index (κ2) is 10.2. The topological polar surface area (TPSA) is 79.3 Å². The van der Waals surface area contributed by atoms with Crippen molar-refractivity contribution in [3.05, 3.63) is 64.2 Å². The van der Waals surface area contributed by atoms with Crippen LogP contribution in [-0.4, -0.2) is 55.2 Å². The van der Waals surface area contributed by atoms with E-state index in [0.717, 1.165) is 37.3 Å². The van der Waals surface area contributed by atoms with Crippen LogP contribution in [0.3, 0.4) is 0 Å². The van der Waals surface area contributed by atoms with Gasteiger partial charge in [-0.15, -0.1) is 0 Å². The zero-order chi connectivity index (χ0) is 24.2. The fraction of sp³-hybridized carbons (Fsp3) is 0.407. The summed E-state index contributed by atoms with van der Waals surface area (Å²) in [6, 6.07) is 10.3. The van der Waals surface area contributed by atoms with Gasteiger partial charge in [0.15, 0.2) is 0 Å². The van der Waals surface area contributed by atoms with Gasteiger partial charge in [0.05, 0.1) is 7.11 Å². The predicted molar refractivity (Wildman–Crippen MR) is 130 cm³/mol. The molecule has 0 unspecified atom stereocenters. The summed E-state index contributed by atoms with van der Waals surface area (Å²) >= 11 is 0. The van der Waals surface area contributed by atoms with E-state index in [1.807, 2.05) is 43.0 Å². The largest absolute Gasteiger partial charge is 0.507 e. The molecular formula is C27H32N2O5. The molecule has 34 heavy (non-hydrogen) atoms. The minimum atomic E-state index is -0.502. The Balaban J connectivity index is 1.34. The Kier molecular flexibility index (Phi) is 7.10. The highest BCUT2D eigenvalue weighted by molar-refractivity contribution is 5.98. The van der Waals surface area contributed by atoms with Gasteiger partial charge in [0.2, 0.25) is 5.91 Å². The molecule has 0 saturated carbocycles. The van der Waals surface area contributed by atoms with Crippen molar-refractivity contribution < 1.29 is 24.2 Å². The molecule has 1 amide bonds. The Hall–Kier alpha value is -3.48. The molecule has 180 valence electrons. The maximum absolute atomic E-state index is 12.8. The van der Waals surface area contributed by atoms with Gasteiger partial charge in [-0.1, -0.05) is 29.8 Å². The Morgan fingerprint density at radius 3 is 2.53 bits per heavy atom. The van der Waals surface area contributed by atoms with Crippen molar-refractivity contribution in [1.82, 2.24) is 4.90 Å². The normalized spacial score (nSPS) is 15.9. The number of hydrogen-bond acceptors (Lipinski definition) is 6. The number of ether oxygens (including phenoxy) is 2. The highest BCUT2D eigenvalue weighted by Crippen LogP contribution is 2.42. The molecule has 0 radical (unpaired) electrons. The smallest absolute Gasteiger partial charge is 0.342 e. The third-order valence-electron chi connectivity index (χ3n) is 6.79. The van der Waals surface area contributed by atoms with Crippen LogP contribution < -0.4 is 9.64 Å². The minimum absolute atomic E-state index is 0.0728. The van der Waals surface area contributed by atoms with E-state index in [4.69, 9.17) is 9.47 Å². The maximum atomic E-state index is 12.8. The molecule has 7 nitrogen and oxygen atoms in total. The number of piperazine rings is 1. The number of aromatic hydroxyl groups is 1. The Morgan fingerprint density at radius 2 is 1.85 bits per heavy atom. The molecule has 0 aromatic heterocycles. The van der Waals surface area contributed by atoms with Crippen LogP contribution >= 0.6 is 0 Å². The molecule has 2 aliphatic rings. The standard InChI is InChI=1S/C27H32N2O5/c1-18(9-11-21-25(31)24-22(17-34-27(24)32)19(2)26(21)33-3)10-12-23(30)29-15-13-28(14-16-29)20-7-5-4-6-8-20/h4-9,31H,10-17H2,1-3H3/b18-9+. The van der Waals surface area contributed by atoms with E-state index in [2.05, 4.69) is 17.0 Å². The first-order chi connectivity index (χ1) is 16.4. The second-order valence-corrected chi connectivity index (χ2v) is 8.87. The van der Waals surface area contributed by atoms with E-state index in [1.165, 1.54) is 5.69 Å². The van der Waals surface area contributed by atoms with Gasteiger partial charge in [-0.3, -0.25) is 4.79 Å². The number of allylic oxidation sites excluding steroid dienone is 2. The van der Waals surface area contributed by atoms with Gasteiger partial charge in [-0.25, -0.2) is 4.79 Å². The molecule has 7 heteroatoms. The van der Waals surface area contributed by atoms with Crippen LogP contribution in [-0.2, 0) is 22.6 Å². The number of phenols is 1. The Bertz CT molecular complexity index is 1100. The first-order valence-corrected chi connectivity index (χ1v) is 11.7. The van der Waals surface area contributed by atoms with E-state index >= 15 is 0 Å². The molecule has 1 fully saturated rings. The summed E-state index contributed by atoms with van der Waals surface area (Å²) in [6.45, 7) is 7.14. The zero-order valence-corrected chi connectivity index (χ0v) is 20.1. The monoisotopic (exact) mass is 464 g/mol. The van der Waals surface area contributed by atoms with Crippen LogP contribution in [0.5, 0.6) is 11.5 Å². The lowest BCUT2D eigenvalue weighted by Gasteiger charge is -2.36. The highest BCUT2D eigenvalue weighted by Gasteiger charge is 2.31. The first kappa shape index (κ1) is 23.7. The number of methoxy groups -OCH3 is 1. The summed E-state index contributed by atoms with van der Waals surface area (Å²) in [5, 5.41) is 10.7. The van der Waals surface area contributed by atoms with Gasteiger partial charge < -0.3 is 24.4 Å². The van der Waals surface area contributed by atoms with Crippen molar-refractivity contribution in [2.24, 2.45) is 0 Å². The van der Waals surface area contributed by atoms with Crippen molar-refractivity contribution in [1.29, 1.82) is 0 Å². The fourth-order valence-electron chi connectivity index (χ4n) is 4.72. The van der Waals surface area contributed by atoms with Crippen molar-refractivity contribution in [2.45, 2.75) is 39.7 Å². The number of rotatable bonds is 7. The number of esters is 1. The van der Waals surface area contributed by atoms with Crippen LogP contribution in [0.4, 0.5) is 5.69 Å². The number of carbonyl (C=O) groups is 2. The Labute approximate surface area is 200 Å². The maximum Gasteiger partial charge on any atom is 0.342 e. The third-order valence-corrected chi connectivity index (χ3v) is 6.79. The number of carbonyl (C=O) groups excluding carboxylic acids is 2. The summed E-state index contributed by atoms with van der Waals surface area (Å²) in [6.07, 6.45) is 3.50. The summed E-state index contributed by atoms with van der Waals surface area (Å²) in [7, 11) is 1.56. The molecule has 2 aromatic rings. The summed E-state index contributed by atoms with van der Waals surface area (Å²) < 4.78 is 10.7. The average Bonchev–Trinajstić information content (AvgIpc) is 3.26. The molecular weight excluding hydrogens is 432 g/mol. The lowest BCUT2D eigenvalue weighted by Crippen LogP contribution is -2.48. The molecule has 1 N–H and O–H groups in total. The molecule has 0 atom stereocenters. The molecule has 2 aliphatic heterocycles. The minimum Gasteiger partial charge on any atom is -0.507 e. The van der Waals surface area contributed by atoms with E-state index in [0.29, 0.717) is 36.1 Å². The van der Waals surface area contributed by atoms with Crippen molar-refractivity contribution in [2.75, 3.05) is 38.2 Å². The van der Waals surface area contributed by atoms with Crippen molar-refractivity contribution >= 4 is 17.6 Å². The van der Waals surface area contributed by atoms with E-state index in [1.54, 1.807) is 7.11 Å². The number of cyclic esters (lactones) is 1. The zero-order valence-electron chi connectivity index (χ0n) is 20.1. The summed E-state index contributed by atoms with van der Waals surface area (Å²) in [5.74, 6) is 0.164. The van der Waals surface area contributed by atoms with Crippen LogP contribution in [0, 0.1) is 6.92 Å². The lowest BCUT2D eigenvalue weighted by molar-refractivity contribution is -0.131. The van der Waals surface area contributed by atoms with Crippen LogP contribution in [0.15, 0.2) is 42.0 Å². The van der Waals surface area contributed by atoms with Crippen molar-refractivity contribution in [3.63, 3.8) is 0 Å². The lowest BCUT2D eigenvalue weighted by atomic mass is 9.94. The second-order valence-electron chi connectivity index (χ2n) is 8.87. The molecule has 0 aliphatic carbocycles. The number of benzene rings is 2. The number of amides is 1. The van der Waals surface area contributed by atoms with E-state index in [-0.39, 0.29) is 23.8 Å². The molecule has 0 bridgehead atoms. The van der Waals surface area contributed by atoms with Crippen LogP contribution in [0.1, 0.15) is 46.8 Å². The van der Waals surface area contributed by atoms with Gasteiger partial charge in [-0.05, 0) is 44.4 Å². The van der Waals surface area contributed by atoms with Gasteiger partial charge >= 0.3 is 5.97 Å². The molecule has 2 heterocycles. The van der Waals surface area contributed by atoms with Gasteiger partial charge in [0.1, 0.15) is 23.7 Å². The first-order valence-electron chi connectivity index (χ1n) is 11.7. The molecule has 2 aromatic carbocycles. The molecule has 0 spiro atoms. The Morgan fingerprint density at radius 1 is 1.15 bits per heavy atom. The molecule has 4 rings (SSSR count). The number of phenolic OH excluding ortho intramolecular Hbond substituents is 1. The van der Waals surface area contributed by atoms with Gasteiger partial charge in [0.25, 0.3) is 0 Å². The number of hydrogen-bond donors (Lipinski definition) is 1. The number of para-hydroxylation sites is 1. The fourth-order valence-corrected chi connectivity index (χ4v) is 4.72. The molecule has 1 saturated heterocycles. The SMILES string of the molecule is COc1c(C)c2c(c(O)c1C/C=C(\C)CCC(=O)N1CCN(c3ccccc3)CC1)C(=O)OC2. The number of fused-ring (bicyclic) bond motifs is 1. The summed E-state index contributed by atoms with van der Waals surface area (Å²) in [4.78, 5) is 29.1. The number of nitrogens with zero attached hydrogens (tertiary/aromatic N) is 2. The highest BCUT2D eigenvalue weighted by atomic mass is 16.5. The third kappa shape index (κ3) is 4.74. The van der Waals surface area contributed by atoms with E-state index < -0.39 is 5.97 Å². The predicted octanol–water partition coefficient (Wildman–Crippen LogP) is 4.00. The van der Waals surface area contributed by atoms with E-state index in [9.17, 15) is 14.7 Å². The average molecular weight is 465 g/mol. The van der Waals surface area contributed by atoms with Crippen molar-refractivity contribution in [3.8, 4) is 11.5 Å². The number of anilines is 1. The van der Waals surface area contributed by atoms with Crippen LogP contribution in [0.2, 0.25) is 0 Å². The van der Waals surface area contributed by atoms with Gasteiger partial charge in [0, 0.05) is 49.4 Å². The quantitative estimate of drug-likeness (QED) is 0.493. The van der Waals surface area contributed by atoms with Gasteiger partial charge in [-0.2, -0.15) is 0 Å².